The number of hydrogen-bond acceptors (Lipinski definition) is 0. The second-order valence-electron chi connectivity index (χ2n) is 4.59. The van der Waals surface area contributed by atoms with Crippen LogP contribution in [0.1, 0.15) is 18.9 Å². The summed E-state index contributed by atoms with van der Waals surface area (Å²) in [7, 11) is 0. The van der Waals surface area contributed by atoms with Gasteiger partial charge in [-0.15, -0.1) is 0 Å². The standard InChI is InChI=1S/C17H16/c1-2-6-13-9-5-10-16-11-14-7-3-4-8-15(14)12-17(13)16/h3-5,7-12H,2,6H2,1H3. The van der Waals surface area contributed by atoms with E-state index in [4.69, 9.17) is 0 Å². The Kier molecular flexibility index (Phi) is 2.56. The van der Waals surface area contributed by atoms with Crippen molar-refractivity contribution < 1.29 is 0 Å². The van der Waals surface area contributed by atoms with E-state index in [1.54, 1.807) is 0 Å². The molecule has 0 saturated carbocycles. The zero-order valence-corrected chi connectivity index (χ0v) is 10.1. The van der Waals surface area contributed by atoms with E-state index in [2.05, 4.69) is 61.5 Å². The minimum absolute atomic E-state index is 1.16. The summed E-state index contributed by atoms with van der Waals surface area (Å²) >= 11 is 0. The molecule has 3 rings (SSSR count). The molecule has 0 aliphatic rings. The molecule has 0 aromatic heterocycles. The van der Waals surface area contributed by atoms with Crippen LogP contribution in [0.5, 0.6) is 0 Å². The predicted octanol–water partition coefficient (Wildman–Crippen LogP) is 4.95. The molecule has 3 aromatic rings. The lowest BCUT2D eigenvalue weighted by atomic mass is 9.98. The second kappa shape index (κ2) is 4.21. The first kappa shape index (κ1) is 10.3. The van der Waals surface area contributed by atoms with Gasteiger partial charge in [-0.1, -0.05) is 55.8 Å². The van der Waals surface area contributed by atoms with Crippen molar-refractivity contribution in [1.82, 2.24) is 0 Å². The molecule has 0 saturated heterocycles. The molecule has 3 aromatic carbocycles. The molecule has 0 N–H and O–H groups in total. The van der Waals surface area contributed by atoms with E-state index in [0.717, 1.165) is 6.42 Å². The van der Waals surface area contributed by atoms with Gasteiger partial charge in [0.1, 0.15) is 0 Å². The van der Waals surface area contributed by atoms with Crippen LogP contribution in [0, 0.1) is 0 Å². The molecule has 17 heavy (non-hydrogen) atoms. The Labute approximate surface area is 102 Å². The Bertz CT molecular complexity index is 665. The van der Waals surface area contributed by atoms with Crippen LogP contribution >= 0.6 is 0 Å². The highest BCUT2D eigenvalue weighted by molar-refractivity contribution is 5.99. The molecule has 0 fully saturated rings. The summed E-state index contributed by atoms with van der Waals surface area (Å²) in [5.74, 6) is 0. The highest BCUT2D eigenvalue weighted by atomic mass is 14.1. The highest BCUT2D eigenvalue weighted by Gasteiger charge is 2.01. The molecule has 0 unspecified atom stereocenters. The van der Waals surface area contributed by atoms with Gasteiger partial charge in [0.05, 0.1) is 0 Å². The van der Waals surface area contributed by atoms with Crippen molar-refractivity contribution in [3.8, 4) is 0 Å². The molecule has 0 aliphatic heterocycles. The van der Waals surface area contributed by atoms with Gasteiger partial charge in [-0.3, -0.25) is 0 Å². The van der Waals surface area contributed by atoms with Crippen LogP contribution in [0.25, 0.3) is 21.5 Å². The molecule has 0 aliphatic carbocycles. The summed E-state index contributed by atoms with van der Waals surface area (Å²) in [4.78, 5) is 0. The van der Waals surface area contributed by atoms with Crippen molar-refractivity contribution in [2.75, 3.05) is 0 Å². The van der Waals surface area contributed by atoms with E-state index in [-0.39, 0.29) is 0 Å². The molecule has 0 heteroatoms. The molecule has 0 radical (unpaired) electrons. The maximum absolute atomic E-state index is 2.33. The minimum atomic E-state index is 1.16. The quantitative estimate of drug-likeness (QED) is 0.536. The fourth-order valence-corrected chi connectivity index (χ4v) is 2.52. The molecule has 0 heterocycles. The van der Waals surface area contributed by atoms with Crippen molar-refractivity contribution >= 4 is 21.5 Å². The van der Waals surface area contributed by atoms with E-state index >= 15 is 0 Å². The Morgan fingerprint density at radius 3 is 2.24 bits per heavy atom. The maximum atomic E-state index is 2.33. The Morgan fingerprint density at radius 2 is 1.47 bits per heavy atom. The van der Waals surface area contributed by atoms with Gasteiger partial charge in [0.2, 0.25) is 0 Å². The van der Waals surface area contributed by atoms with Crippen LogP contribution < -0.4 is 0 Å². The zero-order valence-electron chi connectivity index (χ0n) is 10.1. The summed E-state index contributed by atoms with van der Waals surface area (Å²) in [5.41, 5.74) is 1.47. The Morgan fingerprint density at radius 1 is 0.765 bits per heavy atom. The molecule has 84 valence electrons. The first-order valence-corrected chi connectivity index (χ1v) is 6.29. The van der Waals surface area contributed by atoms with Gasteiger partial charge in [-0.25, -0.2) is 0 Å². The van der Waals surface area contributed by atoms with E-state index in [0.29, 0.717) is 0 Å². The van der Waals surface area contributed by atoms with E-state index in [1.165, 1.54) is 33.5 Å². The number of aryl methyl sites for hydroxylation is 1. The van der Waals surface area contributed by atoms with Gasteiger partial charge < -0.3 is 0 Å². The molecular weight excluding hydrogens is 204 g/mol. The van der Waals surface area contributed by atoms with Crippen LogP contribution in [0.15, 0.2) is 54.6 Å². The van der Waals surface area contributed by atoms with Crippen LogP contribution in [-0.4, -0.2) is 0 Å². The highest BCUT2D eigenvalue weighted by Crippen LogP contribution is 2.26. The third-order valence-corrected chi connectivity index (χ3v) is 3.36. The van der Waals surface area contributed by atoms with Crippen LogP contribution in [0.4, 0.5) is 0 Å². The monoisotopic (exact) mass is 220 g/mol. The molecule has 0 spiro atoms. The SMILES string of the molecule is CCCc1cccc2cc3ccccc3cc12. The summed E-state index contributed by atoms with van der Waals surface area (Å²) in [6.45, 7) is 2.24. The molecule has 0 bridgehead atoms. The number of benzene rings is 3. The summed E-state index contributed by atoms with van der Waals surface area (Å²) in [6, 6.07) is 19.8. The Hall–Kier alpha value is -1.82. The number of rotatable bonds is 2. The second-order valence-corrected chi connectivity index (χ2v) is 4.59. The first-order valence-electron chi connectivity index (χ1n) is 6.29. The van der Waals surface area contributed by atoms with E-state index in [1.807, 2.05) is 0 Å². The van der Waals surface area contributed by atoms with E-state index in [9.17, 15) is 0 Å². The summed E-state index contributed by atoms with van der Waals surface area (Å²) < 4.78 is 0. The van der Waals surface area contributed by atoms with Crippen molar-refractivity contribution in [3.63, 3.8) is 0 Å². The first-order chi connectivity index (χ1) is 8.38. The molecule has 0 amide bonds. The minimum Gasteiger partial charge on any atom is -0.0651 e. The summed E-state index contributed by atoms with van der Waals surface area (Å²) in [5, 5.41) is 5.43. The van der Waals surface area contributed by atoms with E-state index < -0.39 is 0 Å². The van der Waals surface area contributed by atoms with Gasteiger partial charge in [0, 0.05) is 0 Å². The van der Waals surface area contributed by atoms with Crippen LogP contribution in [0.3, 0.4) is 0 Å². The summed E-state index contributed by atoms with van der Waals surface area (Å²) in [6.07, 6.45) is 2.36. The lowest BCUT2D eigenvalue weighted by Gasteiger charge is -2.07. The average molecular weight is 220 g/mol. The third kappa shape index (κ3) is 1.80. The van der Waals surface area contributed by atoms with Gasteiger partial charge in [0.15, 0.2) is 0 Å². The predicted molar refractivity (Wildman–Crippen MR) is 75.4 cm³/mol. The van der Waals surface area contributed by atoms with Gasteiger partial charge in [-0.2, -0.15) is 0 Å². The molecule has 0 nitrogen and oxygen atoms in total. The average Bonchev–Trinajstić information content (AvgIpc) is 2.37. The fraction of sp³-hybridized carbons (Fsp3) is 0.176. The lowest BCUT2D eigenvalue weighted by Crippen LogP contribution is -1.86. The van der Waals surface area contributed by atoms with Gasteiger partial charge >= 0.3 is 0 Å². The maximum Gasteiger partial charge on any atom is -0.0146 e. The van der Waals surface area contributed by atoms with Crippen molar-refractivity contribution in [3.05, 3.63) is 60.2 Å². The number of fused-ring (bicyclic) bond motifs is 2. The van der Waals surface area contributed by atoms with Gasteiger partial charge in [0.25, 0.3) is 0 Å². The lowest BCUT2D eigenvalue weighted by molar-refractivity contribution is 0.930. The smallest absolute Gasteiger partial charge is 0.0146 e. The fourth-order valence-electron chi connectivity index (χ4n) is 2.52. The van der Waals surface area contributed by atoms with Crippen molar-refractivity contribution in [2.24, 2.45) is 0 Å². The van der Waals surface area contributed by atoms with Crippen molar-refractivity contribution in [1.29, 1.82) is 0 Å². The zero-order chi connectivity index (χ0) is 11.7. The topological polar surface area (TPSA) is 0 Å². The Balaban J connectivity index is 2.35. The molecular formula is C17H16. The number of hydrogen-bond donors (Lipinski definition) is 0. The third-order valence-electron chi connectivity index (χ3n) is 3.36. The largest absolute Gasteiger partial charge is 0.0651 e. The normalized spacial score (nSPS) is 11.1. The van der Waals surface area contributed by atoms with Crippen LogP contribution in [-0.2, 0) is 6.42 Å². The van der Waals surface area contributed by atoms with Crippen molar-refractivity contribution in [2.45, 2.75) is 19.8 Å². The molecule has 0 atom stereocenters. The van der Waals surface area contributed by atoms with Crippen LogP contribution in [0.2, 0.25) is 0 Å². The van der Waals surface area contributed by atoms with Gasteiger partial charge in [-0.05, 0) is 45.7 Å².